The molecule has 0 aliphatic heterocycles. The van der Waals surface area contributed by atoms with E-state index in [0.717, 1.165) is 24.9 Å². The summed E-state index contributed by atoms with van der Waals surface area (Å²) in [5, 5.41) is 0. The lowest BCUT2D eigenvalue weighted by atomic mass is 10.0. The Morgan fingerprint density at radius 3 is 2.63 bits per heavy atom. The van der Waals surface area contributed by atoms with Crippen LogP contribution in [0.2, 0.25) is 0 Å². The molecule has 1 heterocycles. The average Bonchev–Trinajstić information content (AvgIpc) is 2.98. The molecule has 0 bridgehead atoms. The lowest BCUT2D eigenvalue weighted by molar-refractivity contribution is 0.0600. The van der Waals surface area contributed by atoms with Crippen molar-refractivity contribution >= 4 is 5.97 Å². The Labute approximate surface area is 113 Å². The van der Waals surface area contributed by atoms with Gasteiger partial charge >= 0.3 is 5.97 Å². The van der Waals surface area contributed by atoms with Crippen molar-refractivity contribution in [3.05, 3.63) is 53.9 Å². The first-order valence-electron chi connectivity index (χ1n) is 6.61. The molecule has 100 valence electrons. The Balaban J connectivity index is 2.41. The summed E-state index contributed by atoms with van der Waals surface area (Å²) < 4.78 is 6.82. The minimum atomic E-state index is -0.296. The molecule has 0 amide bonds. The second kappa shape index (κ2) is 6.23. The number of carbonyl (C=O) groups excluding carboxylic acids is 1. The van der Waals surface area contributed by atoms with Gasteiger partial charge in [-0.2, -0.15) is 0 Å². The Hall–Kier alpha value is -2.03. The predicted octanol–water partition coefficient (Wildman–Crippen LogP) is 3.61. The third-order valence-corrected chi connectivity index (χ3v) is 3.19. The molecule has 0 radical (unpaired) electrons. The monoisotopic (exact) mass is 257 g/mol. The van der Waals surface area contributed by atoms with E-state index in [4.69, 9.17) is 4.74 Å². The van der Waals surface area contributed by atoms with Gasteiger partial charge in [0.05, 0.1) is 12.7 Å². The maximum Gasteiger partial charge on any atom is 0.337 e. The van der Waals surface area contributed by atoms with Gasteiger partial charge in [-0.15, -0.1) is 0 Å². The van der Waals surface area contributed by atoms with Crippen molar-refractivity contribution in [1.82, 2.24) is 4.57 Å². The number of benzene rings is 1. The number of methoxy groups -OCH3 is 1. The summed E-state index contributed by atoms with van der Waals surface area (Å²) >= 11 is 0. The van der Waals surface area contributed by atoms with E-state index in [-0.39, 0.29) is 5.97 Å². The number of carbonyl (C=O) groups is 1. The highest BCUT2D eigenvalue weighted by atomic mass is 16.5. The van der Waals surface area contributed by atoms with Gasteiger partial charge in [-0.25, -0.2) is 4.79 Å². The Kier molecular flexibility index (Phi) is 4.39. The van der Waals surface area contributed by atoms with Crippen molar-refractivity contribution in [1.29, 1.82) is 0 Å². The van der Waals surface area contributed by atoms with Gasteiger partial charge in [0.2, 0.25) is 0 Å². The maximum absolute atomic E-state index is 11.6. The van der Waals surface area contributed by atoms with Crippen LogP contribution in [-0.4, -0.2) is 17.6 Å². The van der Waals surface area contributed by atoms with Crippen molar-refractivity contribution in [2.24, 2.45) is 0 Å². The van der Waals surface area contributed by atoms with Crippen LogP contribution in [0.15, 0.2) is 42.7 Å². The number of hydrogen-bond donors (Lipinski definition) is 0. The molecule has 0 N–H and O–H groups in total. The van der Waals surface area contributed by atoms with Crippen molar-refractivity contribution in [3.8, 4) is 5.69 Å². The van der Waals surface area contributed by atoms with Crippen molar-refractivity contribution in [2.45, 2.75) is 26.2 Å². The number of aromatic nitrogens is 1. The fourth-order valence-electron chi connectivity index (χ4n) is 2.12. The third kappa shape index (κ3) is 3.05. The number of esters is 1. The summed E-state index contributed by atoms with van der Waals surface area (Å²) in [6.45, 7) is 2.18. The normalized spacial score (nSPS) is 10.4. The molecular formula is C16H19NO2. The smallest absolute Gasteiger partial charge is 0.337 e. The maximum atomic E-state index is 11.6. The van der Waals surface area contributed by atoms with E-state index in [1.165, 1.54) is 12.7 Å². The largest absolute Gasteiger partial charge is 0.465 e. The van der Waals surface area contributed by atoms with E-state index in [0.29, 0.717) is 5.56 Å². The topological polar surface area (TPSA) is 31.2 Å². The highest BCUT2D eigenvalue weighted by molar-refractivity contribution is 5.90. The van der Waals surface area contributed by atoms with Gasteiger partial charge in [-0.3, -0.25) is 0 Å². The summed E-state index contributed by atoms with van der Waals surface area (Å²) in [6, 6.07) is 9.72. The molecule has 0 fully saturated rings. The zero-order valence-corrected chi connectivity index (χ0v) is 11.4. The molecule has 0 unspecified atom stereocenters. The summed E-state index contributed by atoms with van der Waals surface area (Å²) in [5.41, 5.74) is 2.90. The SMILES string of the molecule is CCCCc1ccc(C(=O)OC)cc1-n1cccc1. The fourth-order valence-corrected chi connectivity index (χ4v) is 2.12. The first-order valence-corrected chi connectivity index (χ1v) is 6.61. The highest BCUT2D eigenvalue weighted by Gasteiger charge is 2.10. The van der Waals surface area contributed by atoms with E-state index in [1.807, 2.05) is 47.3 Å². The summed E-state index contributed by atoms with van der Waals surface area (Å²) in [6.07, 6.45) is 7.30. The zero-order chi connectivity index (χ0) is 13.7. The lowest BCUT2D eigenvalue weighted by Gasteiger charge is -2.12. The first kappa shape index (κ1) is 13.4. The number of hydrogen-bond acceptors (Lipinski definition) is 2. The van der Waals surface area contributed by atoms with Gasteiger partial charge < -0.3 is 9.30 Å². The second-order valence-corrected chi connectivity index (χ2v) is 4.53. The van der Waals surface area contributed by atoms with Gasteiger partial charge in [0.25, 0.3) is 0 Å². The first-order chi connectivity index (χ1) is 9.26. The average molecular weight is 257 g/mol. The second-order valence-electron chi connectivity index (χ2n) is 4.53. The van der Waals surface area contributed by atoms with Crippen LogP contribution in [0.5, 0.6) is 0 Å². The molecule has 0 atom stereocenters. The van der Waals surface area contributed by atoms with Crippen LogP contribution in [0.4, 0.5) is 0 Å². The van der Waals surface area contributed by atoms with Crippen molar-refractivity contribution in [2.75, 3.05) is 7.11 Å². The molecule has 2 rings (SSSR count). The molecule has 2 aromatic rings. The molecule has 0 spiro atoms. The van der Waals surface area contributed by atoms with Crippen LogP contribution >= 0.6 is 0 Å². The quantitative estimate of drug-likeness (QED) is 0.766. The van der Waals surface area contributed by atoms with E-state index in [1.54, 1.807) is 0 Å². The van der Waals surface area contributed by atoms with E-state index >= 15 is 0 Å². The highest BCUT2D eigenvalue weighted by Crippen LogP contribution is 2.20. The van der Waals surface area contributed by atoms with E-state index < -0.39 is 0 Å². The van der Waals surface area contributed by atoms with E-state index in [9.17, 15) is 4.79 Å². The summed E-state index contributed by atoms with van der Waals surface area (Å²) in [4.78, 5) is 11.6. The minimum Gasteiger partial charge on any atom is -0.465 e. The number of aryl methyl sites for hydroxylation is 1. The summed E-state index contributed by atoms with van der Waals surface area (Å²) in [7, 11) is 1.41. The molecule has 3 heteroatoms. The molecule has 1 aromatic carbocycles. The van der Waals surface area contributed by atoms with Gasteiger partial charge in [-0.1, -0.05) is 19.4 Å². The number of ether oxygens (including phenoxy) is 1. The Morgan fingerprint density at radius 1 is 1.26 bits per heavy atom. The third-order valence-electron chi connectivity index (χ3n) is 3.19. The summed E-state index contributed by atoms with van der Waals surface area (Å²) in [5.74, 6) is -0.296. The molecule has 19 heavy (non-hydrogen) atoms. The molecule has 0 saturated heterocycles. The molecular weight excluding hydrogens is 238 g/mol. The van der Waals surface area contributed by atoms with Gasteiger partial charge in [-0.05, 0) is 42.7 Å². The van der Waals surface area contributed by atoms with Crippen LogP contribution in [-0.2, 0) is 11.2 Å². The van der Waals surface area contributed by atoms with Crippen molar-refractivity contribution < 1.29 is 9.53 Å². The van der Waals surface area contributed by atoms with Gasteiger partial charge in [0, 0.05) is 18.1 Å². The molecule has 1 aromatic heterocycles. The zero-order valence-electron chi connectivity index (χ0n) is 11.4. The van der Waals surface area contributed by atoms with E-state index in [2.05, 4.69) is 6.92 Å². The van der Waals surface area contributed by atoms with Crippen molar-refractivity contribution in [3.63, 3.8) is 0 Å². The Bertz CT molecular complexity index is 544. The lowest BCUT2D eigenvalue weighted by Crippen LogP contribution is -2.05. The van der Waals surface area contributed by atoms with Gasteiger partial charge in [0.15, 0.2) is 0 Å². The molecule has 3 nitrogen and oxygen atoms in total. The molecule has 0 aliphatic rings. The standard InChI is InChI=1S/C16H19NO2/c1-3-4-7-13-8-9-14(16(18)19-2)12-15(13)17-10-5-6-11-17/h5-6,8-12H,3-4,7H2,1-2H3. The molecule has 0 aliphatic carbocycles. The van der Waals surface area contributed by atoms with Crippen LogP contribution < -0.4 is 0 Å². The Morgan fingerprint density at radius 2 is 2.00 bits per heavy atom. The van der Waals surface area contributed by atoms with Crippen LogP contribution in [0.25, 0.3) is 5.69 Å². The fraction of sp³-hybridized carbons (Fsp3) is 0.312. The molecule has 0 saturated carbocycles. The predicted molar refractivity (Wildman–Crippen MR) is 75.7 cm³/mol. The number of nitrogens with zero attached hydrogens (tertiary/aromatic N) is 1. The van der Waals surface area contributed by atoms with Crippen LogP contribution in [0.1, 0.15) is 35.7 Å². The van der Waals surface area contributed by atoms with Gasteiger partial charge in [0.1, 0.15) is 0 Å². The number of rotatable bonds is 5. The minimum absolute atomic E-state index is 0.296. The van der Waals surface area contributed by atoms with Crippen LogP contribution in [0.3, 0.4) is 0 Å². The van der Waals surface area contributed by atoms with Crippen LogP contribution in [0, 0.1) is 0 Å². The number of unbranched alkanes of at least 4 members (excludes halogenated alkanes) is 1.